The molecule has 0 amide bonds. The van der Waals surface area contributed by atoms with Crippen molar-refractivity contribution in [1.82, 2.24) is 0 Å². The number of carbonyl (C=O) groups excluding carboxylic acids is 1. The van der Waals surface area contributed by atoms with Crippen LogP contribution in [0.3, 0.4) is 0 Å². The fourth-order valence-electron chi connectivity index (χ4n) is 2.64. The van der Waals surface area contributed by atoms with Crippen LogP contribution in [-0.2, 0) is 9.36 Å². The van der Waals surface area contributed by atoms with E-state index in [1.165, 1.54) is 83.5 Å². The smallest absolute Gasteiger partial charge is 1.00 e. The minimum Gasteiger partial charge on any atom is -1.00 e. The van der Waals surface area contributed by atoms with Crippen LogP contribution in [0.25, 0.3) is 0 Å². The third-order valence-corrected chi connectivity index (χ3v) is 3.98. The molecular formula is C18H39CaMgO6P. The third kappa shape index (κ3) is 52.3. The van der Waals surface area contributed by atoms with Crippen molar-refractivity contribution in [2.24, 2.45) is 0 Å². The Balaban J connectivity index is -0.0000000948. The van der Waals surface area contributed by atoms with Crippen LogP contribution in [0.1, 0.15) is 114 Å². The van der Waals surface area contributed by atoms with Gasteiger partial charge in [0.05, 0.1) is 7.82 Å². The molecule has 0 heterocycles. The molecule has 0 fully saturated rings. The summed E-state index contributed by atoms with van der Waals surface area (Å²) in [6.45, 7) is 2.27. The van der Waals surface area contributed by atoms with E-state index < -0.39 is 13.8 Å². The summed E-state index contributed by atoms with van der Waals surface area (Å²) in [5.41, 5.74) is 0. The monoisotopic (exact) mass is 446 g/mol. The van der Waals surface area contributed by atoms with E-state index >= 15 is 0 Å². The number of rotatable bonds is 16. The van der Waals surface area contributed by atoms with E-state index in [0.717, 1.165) is 12.8 Å². The molecule has 0 spiro atoms. The number of carboxylic acids is 1. The molecular weight excluding hydrogens is 408 g/mol. The molecule has 27 heavy (non-hydrogen) atoms. The number of carboxylic acid groups (broad SMARTS) is 1. The Hall–Kier alpha value is 1.61. The van der Waals surface area contributed by atoms with Gasteiger partial charge >= 0.3 is 62.2 Å². The minimum atomic E-state index is -5.14. The van der Waals surface area contributed by atoms with Gasteiger partial charge in [-0.1, -0.05) is 96.8 Å². The van der Waals surface area contributed by atoms with E-state index in [4.69, 9.17) is 19.2 Å². The van der Waals surface area contributed by atoms with Gasteiger partial charge in [-0.3, -0.25) is 0 Å². The van der Waals surface area contributed by atoms with Crippen LogP contribution >= 0.6 is 7.82 Å². The van der Waals surface area contributed by atoms with Gasteiger partial charge in [-0.15, -0.1) is 0 Å². The molecule has 0 unspecified atom stereocenters. The fourth-order valence-corrected chi connectivity index (χ4v) is 2.64. The van der Waals surface area contributed by atoms with Gasteiger partial charge in [-0.25, -0.2) is 0 Å². The van der Waals surface area contributed by atoms with E-state index in [1.807, 2.05) is 0 Å². The maximum absolute atomic E-state index is 10.2. The first-order valence-corrected chi connectivity index (χ1v) is 11.2. The Morgan fingerprint density at radius 1 is 0.815 bits per heavy atom. The average molecular weight is 447 g/mol. The Kier molecular flexibility index (Phi) is 36.8. The van der Waals surface area contributed by atoms with E-state index in [2.05, 4.69) is 6.92 Å². The number of aliphatic carboxylic acids is 1. The van der Waals surface area contributed by atoms with E-state index in [-0.39, 0.29) is 71.5 Å². The zero-order chi connectivity index (χ0) is 19.4. The summed E-state index contributed by atoms with van der Waals surface area (Å²) in [4.78, 5) is 34.5. The van der Waals surface area contributed by atoms with Crippen LogP contribution in [0.5, 0.6) is 0 Å². The van der Waals surface area contributed by atoms with Crippen molar-refractivity contribution in [3.63, 3.8) is 0 Å². The molecule has 0 saturated heterocycles. The van der Waals surface area contributed by atoms with Crippen LogP contribution in [0.4, 0.5) is 0 Å². The molecule has 0 aromatic heterocycles. The molecule has 1 N–H and O–H groups in total. The van der Waals surface area contributed by atoms with Gasteiger partial charge in [-0.2, -0.15) is 0 Å². The maximum Gasteiger partial charge on any atom is 2.00 e. The maximum atomic E-state index is 10.2. The number of carbonyl (C=O) groups is 1. The molecule has 0 aromatic rings. The molecule has 0 atom stereocenters. The van der Waals surface area contributed by atoms with Crippen molar-refractivity contribution in [3.05, 3.63) is 0 Å². The Bertz CT molecular complexity index is 348. The van der Waals surface area contributed by atoms with Crippen LogP contribution in [0.2, 0.25) is 0 Å². The summed E-state index contributed by atoms with van der Waals surface area (Å²) in [6, 6.07) is 0. The number of hydrogen-bond donors (Lipinski definition) is 1. The Morgan fingerprint density at radius 2 is 1.04 bits per heavy atom. The molecule has 0 radical (unpaired) electrons. The Labute approximate surface area is 216 Å². The van der Waals surface area contributed by atoms with Gasteiger partial charge in [0.1, 0.15) is 0 Å². The predicted molar refractivity (Wildman–Crippen MR) is 109 cm³/mol. The molecule has 0 rings (SSSR count). The van der Waals surface area contributed by atoms with Crippen LogP contribution < -0.4 is 14.9 Å². The fraction of sp³-hybridized carbons (Fsp3) is 0.944. The molecule has 6 nitrogen and oxygen atoms in total. The van der Waals surface area contributed by atoms with Crippen LogP contribution in [0.15, 0.2) is 0 Å². The van der Waals surface area contributed by atoms with Crippen molar-refractivity contribution in [1.29, 1.82) is 0 Å². The standard InChI is InChI=1S/C18H36O2.Ca.Mg.H3O4P.2H/c1-2-3-4-5-6-7-8-9-10-11-12-13-14-15-16-17-18(19)20;;;1-5(2,3)4;;/h2-17H2,1H3,(H,19,20);;;(H3,1,2,3,4);;/q;2*+2;;2*-1/p-2. The summed E-state index contributed by atoms with van der Waals surface area (Å²) in [5, 5.41) is 10.2. The van der Waals surface area contributed by atoms with Crippen molar-refractivity contribution >= 4 is 74.6 Å². The quantitative estimate of drug-likeness (QED) is 0.220. The second-order valence-electron chi connectivity index (χ2n) is 6.54. The molecule has 0 aromatic carbocycles. The third-order valence-electron chi connectivity index (χ3n) is 3.98. The van der Waals surface area contributed by atoms with Crippen molar-refractivity contribution in [3.8, 4) is 0 Å². The first kappa shape index (κ1) is 36.0. The first-order chi connectivity index (χ1) is 11.8. The van der Waals surface area contributed by atoms with Crippen molar-refractivity contribution in [2.75, 3.05) is 0 Å². The molecule has 0 aliphatic carbocycles. The minimum absolute atomic E-state index is 0. The van der Waals surface area contributed by atoms with Crippen molar-refractivity contribution < 1.29 is 33.4 Å². The number of unbranched alkanes of at least 4 members (excludes halogenated alkanes) is 14. The predicted octanol–water partition coefficient (Wildman–Crippen LogP) is 2.38. The molecule has 0 bridgehead atoms. The Morgan fingerprint density at radius 3 is 1.26 bits per heavy atom. The second kappa shape index (κ2) is 27.6. The van der Waals surface area contributed by atoms with Crippen molar-refractivity contribution in [2.45, 2.75) is 110 Å². The van der Waals surface area contributed by atoms with Crippen LogP contribution in [-0.4, -0.2) is 71.7 Å². The summed E-state index contributed by atoms with van der Waals surface area (Å²) in [6.07, 6.45) is 19.9. The average Bonchev–Trinajstić information content (AvgIpc) is 2.49. The largest absolute Gasteiger partial charge is 2.00 e. The summed E-state index contributed by atoms with van der Waals surface area (Å²) in [5.74, 6) is -0.903. The van der Waals surface area contributed by atoms with Gasteiger partial charge < -0.3 is 32.0 Å². The molecule has 156 valence electrons. The molecule has 0 aliphatic rings. The molecule has 0 aliphatic heterocycles. The summed E-state index contributed by atoms with van der Waals surface area (Å²) < 4.78 is 8.66. The molecule has 9 heteroatoms. The number of phosphoric acid groups is 1. The zero-order valence-electron chi connectivity index (χ0n) is 20.2. The normalized spacial score (nSPS) is 10.2. The van der Waals surface area contributed by atoms with Gasteiger partial charge in [0.15, 0.2) is 0 Å². The number of hydrogen-bond acceptors (Lipinski definition) is 5. The van der Waals surface area contributed by atoms with E-state index in [9.17, 15) is 9.90 Å². The first-order valence-electron chi connectivity index (χ1n) is 9.72. The SMILES string of the molecule is CCCCCCCCCCCCCCCCCC(=O)[O-].O=P([O-])([O-])O.[Ca+2].[H+].[H-].[H-].[Mg+2]. The van der Waals surface area contributed by atoms with E-state index in [0.29, 0.717) is 0 Å². The summed E-state index contributed by atoms with van der Waals surface area (Å²) >= 11 is 0. The second-order valence-corrected chi connectivity index (χ2v) is 7.48. The van der Waals surface area contributed by atoms with Gasteiger partial charge in [0, 0.05) is 5.97 Å². The topological polar surface area (TPSA) is 124 Å². The van der Waals surface area contributed by atoms with Gasteiger partial charge in [-0.05, 0) is 12.8 Å². The summed E-state index contributed by atoms with van der Waals surface area (Å²) in [7, 11) is -5.14. The molecule has 0 saturated carbocycles. The van der Waals surface area contributed by atoms with Gasteiger partial charge in [0.25, 0.3) is 0 Å². The zero-order valence-corrected chi connectivity index (χ0v) is 21.7. The van der Waals surface area contributed by atoms with Crippen LogP contribution in [0, 0.1) is 0 Å². The van der Waals surface area contributed by atoms with Gasteiger partial charge in [0.2, 0.25) is 0 Å². The van der Waals surface area contributed by atoms with E-state index in [1.54, 1.807) is 0 Å².